The molecule has 1 aliphatic heterocycles. The van der Waals surface area contributed by atoms with Crippen LogP contribution in [0.4, 0.5) is 14.7 Å². The summed E-state index contributed by atoms with van der Waals surface area (Å²) in [6.07, 6.45) is 4.50. The van der Waals surface area contributed by atoms with Crippen molar-refractivity contribution < 1.29 is 13.6 Å². The number of hydrogen-bond donors (Lipinski definition) is 1. The van der Waals surface area contributed by atoms with Gasteiger partial charge >= 0.3 is 0 Å². The molecule has 0 spiro atoms. The molecule has 1 saturated heterocycles. The third-order valence-electron chi connectivity index (χ3n) is 5.17. The summed E-state index contributed by atoms with van der Waals surface area (Å²) in [7, 11) is 0. The van der Waals surface area contributed by atoms with Crippen LogP contribution in [0, 0.1) is 0 Å². The minimum atomic E-state index is -2.69. The van der Waals surface area contributed by atoms with E-state index in [1.807, 2.05) is 22.9 Å². The van der Waals surface area contributed by atoms with Gasteiger partial charge in [0, 0.05) is 43.7 Å². The second kappa shape index (κ2) is 6.23. The highest BCUT2D eigenvalue weighted by molar-refractivity contribution is 5.97. The highest BCUT2D eigenvalue weighted by atomic mass is 19.3. The number of nitrogens with two attached hydrogens (primary N) is 1. The Morgan fingerprint density at radius 1 is 1.17 bits per heavy atom. The van der Waals surface area contributed by atoms with E-state index in [0.29, 0.717) is 16.9 Å². The molecule has 5 rings (SSSR count). The van der Waals surface area contributed by atoms with Crippen LogP contribution < -0.4 is 5.73 Å². The molecule has 10 heteroatoms. The van der Waals surface area contributed by atoms with Gasteiger partial charge in [-0.15, -0.1) is 5.10 Å². The maximum atomic E-state index is 13.3. The molecule has 1 fully saturated rings. The number of alkyl halides is 2. The van der Waals surface area contributed by atoms with Crippen molar-refractivity contribution in [2.45, 2.75) is 18.8 Å². The van der Waals surface area contributed by atoms with Crippen LogP contribution in [0.25, 0.3) is 22.4 Å². The van der Waals surface area contributed by atoms with Crippen LogP contribution in [0.2, 0.25) is 0 Å². The van der Waals surface area contributed by atoms with Crippen molar-refractivity contribution in [2.75, 3.05) is 18.8 Å². The number of hydrogen-bond acceptors (Lipinski definition) is 5. The van der Waals surface area contributed by atoms with Crippen molar-refractivity contribution >= 4 is 28.5 Å². The molecule has 0 bridgehead atoms. The van der Waals surface area contributed by atoms with Crippen LogP contribution in [0.15, 0.2) is 42.9 Å². The lowest BCUT2D eigenvalue weighted by molar-refractivity contribution is -0.0494. The number of rotatable bonds is 2. The van der Waals surface area contributed by atoms with Crippen LogP contribution in [-0.2, 0) is 0 Å². The average Bonchev–Trinajstić information content (AvgIpc) is 3.28. The number of amides is 1. The number of likely N-dealkylation sites (tertiary alicyclic amines) is 1. The van der Waals surface area contributed by atoms with Gasteiger partial charge in [-0.25, -0.2) is 18.3 Å². The Bertz CT molecular complexity index is 1240. The van der Waals surface area contributed by atoms with Crippen molar-refractivity contribution in [3.63, 3.8) is 0 Å². The zero-order chi connectivity index (χ0) is 20.2. The quantitative estimate of drug-likeness (QED) is 0.561. The summed E-state index contributed by atoms with van der Waals surface area (Å²) < 4.78 is 30.1. The summed E-state index contributed by atoms with van der Waals surface area (Å²) in [4.78, 5) is 22.7. The first-order valence-electron chi connectivity index (χ1n) is 9.16. The number of nitrogen functional groups attached to an aromatic ring is 1. The summed E-state index contributed by atoms with van der Waals surface area (Å²) in [6.45, 7) is 0.0951. The van der Waals surface area contributed by atoms with Gasteiger partial charge in [0.05, 0.1) is 17.4 Å². The first kappa shape index (κ1) is 17.5. The van der Waals surface area contributed by atoms with Crippen molar-refractivity contribution in [1.29, 1.82) is 0 Å². The Kier molecular flexibility index (Phi) is 3.76. The SMILES string of the molecule is Nc1nc2ccc(-n3ccc4cc(C(=O)N5CCC(F)(F)CC5)cnc43)cn2n1. The van der Waals surface area contributed by atoms with Gasteiger partial charge in [0.15, 0.2) is 5.65 Å². The minimum absolute atomic E-state index is 0.0476. The Morgan fingerprint density at radius 3 is 2.76 bits per heavy atom. The number of nitrogens with zero attached hydrogens (tertiary/aromatic N) is 6. The van der Waals surface area contributed by atoms with E-state index in [1.165, 1.54) is 11.1 Å². The van der Waals surface area contributed by atoms with Crippen LogP contribution in [0.3, 0.4) is 0 Å². The molecule has 8 nitrogen and oxygen atoms in total. The van der Waals surface area contributed by atoms with Crippen LogP contribution >= 0.6 is 0 Å². The predicted molar refractivity (Wildman–Crippen MR) is 102 cm³/mol. The topological polar surface area (TPSA) is 94.3 Å². The molecule has 0 atom stereocenters. The Hall–Kier alpha value is -3.56. The molecule has 5 heterocycles. The number of aromatic nitrogens is 5. The molecule has 1 aliphatic rings. The normalized spacial score (nSPS) is 16.6. The minimum Gasteiger partial charge on any atom is -0.366 e. The second-order valence-electron chi connectivity index (χ2n) is 7.13. The fraction of sp³-hybridized carbons (Fsp3) is 0.263. The van der Waals surface area contributed by atoms with Crippen LogP contribution in [0.1, 0.15) is 23.2 Å². The molecule has 148 valence electrons. The molecule has 29 heavy (non-hydrogen) atoms. The molecule has 0 radical (unpaired) electrons. The van der Waals surface area contributed by atoms with Crippen molar-refractivity contribution in [1.82, 2.24) is 29.0 Å². The number of halogens is 2. The smallest absolute Gasteiger partial charge is 0.255 e. The van der Waals surface area contributed by atoms with Gasteiger partial charge < -0.3 is 10.6 Å². The Labute approximate surface area is 163 Å². The molecule has 4 aromatic rings. The van der Waals surface area contributed by atoms with Crippen molar-refractivity contribution in [3.05, 3.63) is 48.4 Å². The second-order valence-corrected chi connectivity index (χ2v) is 7.13. The number of piperidine rings is 1. The van der Waals surface area contributed by atoms with Gasteiger partial charge in [-0.2, -0.15) is 4.98 Å². The fourth-order valence-electron chi connectivity index (χ4n) is 3.60. The molecule has 4 aromatic heterocycles. The summed E-state index contributed by atoms with van der Waals surface area (Å²) in [6, 6.07) is 7.26. The summed E-state index contributed by atoms with van der Waals surface area (Å²) in [5.74, 6) is -2.77. The molecule has 0 aliphatic carbocycles. The zero-order valence-electron chi connectivity index (χ0n) is 15.3. The zero-order valence-corrected chi connectivity index (χ0v) is 15.3. The van der Waals surface area contributed by atoms with Gasteiger partial charge in [-0.05, 0) is 24.3 Å². The summed E-state index contributed by atoms with van der Waals surface area (Å²) >= 11 is 0. The lowest BCUT2D eigenvalue weighted by Crippen LogP contribution is -2.42. The molecule has 0 saturated carbocycles. The number of pyridine rings is 2. The highest BCUT2D eigenvalue weighted by Gasteiger charge is 2.35. The number of fused-ring (bicyclic) bond motifs is 2. The molecule has 2 N–H and O–H groups in total. The molecule has 0 unspecified atom stereocenters. The van der Waals surface area contributed by atoms with E-state index in [0.717, 1.165) is 11.1 Å². The summed E-state index contributed by atoms with van der Waals surface area (Å²) in [5.41, 5.74) is 8.13. The third kappa shape index (κ3) is 3.06. The maximum Gasteiger partial charge on any atom is 0.255 e. The lowest BCUT2D eigenvalue weighted by Gasteiger charge is -2.31. The van der Waals surface area contributed by atoms with E-state index in [2.05, 4.69) is 15.1 Å². The van der Waals surface area contributed by atoms with E-state index in [4.69, 9.17) is 5.73 Å². The van der Waals surface area contributed by atoms with Crippen LogP contribution in [-0.4, -0.2) is 54.0 Å². The van der Waals surface area contributed by atoms with Gasteiger partial charge in [0.1, 0.15) is 5.65 Å². The first-order chi connectivity index (χ1) is 13.9. The number of carbonyl (C=O) groups excluding carboxylic acids is 1. The Morgan fingerprint density at radius 2 is 1.97 bits per heavy atom. The van der Waals surface area contributed by atoms with Crippen molar-refractivity contribution in [3.8, 4) is 5.69 Å². The van der Waals surface area contributed by atoms with E-state index >= 15 is 0 Å². The fourth-order valence-corrected chi connectivity index (χ4v) is 3.60. The van der Waals surface area contributed by atoms with Gasteiger partial charge in [-0.3, -0.25) is 9.36 Å². The molecule has 0 aromatic carbocycles. The molecular formula is C19H17F2N7O. The van der Waals surface area contributed by atoms with Crippen LogP contribution in [0.5, 0.6) is 0 Å². The molecular weight excluding hydrogens is 380 g/mol. The van der Waals surface area contributed by atoms with E-state index < -0.39 is 5.92 Å². The highest BCUT2D eigenvalue weighted by Crippen LogP contribution is 2.29. The monoisotopic (exact) mass is 397 g/mol. The average molecular weight is 397 g/mol. The summed E-state index contributed by atoms with van der Waals surface area (Å²) in [5, 5.41) is 4.88. The number of carbonyl (C=O) groups is 1. The third-order valence-corrected chi connectivity index (χ3v) is 5.17. The standard InChI is InChI=1S/C19H17F2N7O/c20-19(21)4-7-26(8-5-19)17(29)13-9-12-3-6-27(16(12)23-10-13)14-1-2-15-24-18(22)25-28(15)11-14/h1-3,6,9-11H,4-5,7-8H2,(H2,22,25). The van der Waals surface area contributed by atoms with Gasteiger partial charge in [0.25, 0.3) is 11.8 Å². The number of anilines is 1. The Balaban J connectivity index is 1.45. The maximum absolute atomic E-state index is 13.3. The molecule has 1 amide bonds. The van der Waals surface area contributed by atoms with Gasteiger partial charge in [-0.1, -0.05) is 0 Å². The van der Waals surface area contributed by atoms with E-state index in [9.17, 15) is 13.6 Å². The largest absolute Gasteiger partial charge is 0.366 e. The van der Waals surface area contributed by atoms with E-state index in [1.54, 1.807) is 22.8 Å². The first-order valence-corrected chi connectivity index (χ1v) is 9.16. The van der Waals surface area contributed by atoms with E-state index in [-0.39, 0.29) is 37.8 Å². The predicted octanol–water partition coefficient (Wildman–Crippen LogP) is 2.52. The van der Waals surface area contributed by atoms with Gasteiger partial charge in [0.2, 0.25) is 5.95 Å². The lowest BCUT2D eigenvalue weighted by atomic mass is 10.1. The van der Waals surface area contributed by atoms with Crippen molar-refractivity contribution in [2.24, 2.45) is 0 Å².